The highest BCUT2D eigenvalue weighted by molar-refractivity contribution is 6.31. The molecular weight excluding hydrogens is 265 g/mol. The van der Waals surface area contributed by atoms with Crippen LogP contribution in [0.4, 0.5) is 4.39 Å². The van der Waals surface area contributed by atoms with E-state index in [4.69, 9.17) is 16.3 Å². The maximum atomic E-state index is 13.2. The number of hydrogen-bond acceptors (Lipinski definition) is 2. The van der Waals surface area contributed by atoms with Gasteiger partial charge in [0.15, 0.2) is 0 Å². The van der Waals surface area contributed by atoms with E-state index < -0.39 is 0 Å². The summed E-state index contributed by atoms with van der Waals surface area (Å²) in [7, 11) is 0. The summed E-state index contributed by atoms with van der Waals surface area (Å²) >= 11 is 6.16. The molecule has 1 heterocycles. The zero-order valence-electron chi connectivity index (χ0n) is 11.1. The summed E-state index contributed by atoms with van der Waals surface area (Å²) in [4.78, 5) is 0. The Morgan fingerprint density at radius 3 is 2.95 bits per heavy atom. The van der Waals surface area contributed by atoms with Crippen LogP contribution in [0.1, 0.15) is 37.8 Å². The van der Waals surface area contributed by atoms with E-state index in [2.05, 4.69) is 18.3 Å². The fourth-order valence-electron chi connectivity index (χ4n) is 2.17. The van der Waals surface area contributed by atoms with Crippen molar-refractivity contribution >= 4 is 11.6 Å². The number of ether oxygens (including phenoxy) is 1. The Labute approximate surface area is 118 Å². The number of nitrogens with one attached hydrogen (secondary N) is 1. The van der Waals surface area contributed by atoms with E-state index in [0.29, 0.717) is 5.02 Å². The van der Waals surface area contributed by atoms with Gasteiger partial charge in [0, 0.05) is 5.02 Å². The van der Waals surface area contributed by atoms with Gasteiger partial charge in [-0.15, -0.1) is 0 Å². The van der Waals surface area contributed by atoms with Gasteiger partial charge in [-0.2, -0.15) is 0 Å². The summed E-state index contributed by atoms with van der Waals surface area (Å²) in [5.41, 5.74) is 0.865. The summed E-state index contributed by atoms with van der Waals surface area (Å²) in [6.45, 7) is 3.69. The molecule has 1 atom stereocenters. The van der Waals surface area contributed by atoms with E-state index in [1.807, 2.05) is 0 Å². The minimum atomic E-state index is -0.318. The average Bonchev–Trinajstić information content (AvgIpc) is 2.42. The lowest BCUT2D eigenvalue weighted by atomic mass is 10.0. The quantitative estimate of drug-likeness (QED) is 0.874. The van der Waals surface area contributed by atoms with Gasteiger partial charge in [0.1, 0.15) is 11.6 Å². The minimum absolute atomic E-state index is 0.0895. The average molecular weight is 284 g/mol. The molecule has 0 saturated carbocycles. The highest BCUT2D eigenvalue weighted by Crippen LogP contribution is 2.31. The zero-order valence-corrected chi connectivity index (χ0v) is 11.8. The third kappa shape index (κ3) is 3.71. The molecule has 1 unspecified atom stereocenters. The summed E-state index contributed by atoms with van der Waals surface area (Å²) < 4.78 is 18.9. The van der Waals surface area contributed by atoms with Crippen molar-refractivity contribution in [3.8, 4) is 0 Å². The van der Waals surface area contributed by atoms with E-state index in [0.717, 1.165) is 43.7 Å². The van der Waals surface area contributed by atoms with Gasteiger partial charge in [0.05, 0.1) is 12.6 Å². The van der Waals surface area contributed by atoms with Gasteiger partial charge in [-0.25, -0.2) is 4.39 Å². The molecule has 1 aliphatic rings. The highest BCUT2D eigenvalue weighted by Gasteiger charge is 2.21. The number of hydrogen-bond donors (Lipinski definition) is 1. The first-order chi connectivity index (χ1) is 9.22. The van der Waals surface area contributed by atoms with Crippen LogP contribution in [0, 0.1) is 5.82 Å². The van der Waals surface area contributed by atoms with Crippen LogP contribution in [0.5, 0.6) is 0 Å². The first-order valence-electron chi connectivity index (χ1n) is 6.73. The van der Waals surface area contributed by atoms with E-state index in [1.165, 1.54) is 12.1 Å². The SMILES string of the molecule is CCCNC(C1=CCCCO1)c1ccc(F)cc1Cl. The molecule has 1 aromatic carbocycles. The standard InChI is InChI=1S/C15H19ClFNO/c1-2-8-18-15(14-5-3-4-9-19-14)12-7-6-11(17)10-13(12)16/h5-7,10,15,18H,2-4,8-9H2,1H3. The normalized spacial score (nSPS) is 16.7. The number of halogens is 2. The fourth-order valence-corrected chi connectivity index (χ4v) is 2.44. The van der Waals surface area contributed by atoms with Crippen LogP contribution < -0.4 is 5.32 Å². The summed E-state index contributed by atoms with van der Waals surface area (Å²) in [5.74, 6) is 0.578. The Hall–Kier alpha value is -1.06. The second kappa shape index (κ2) is 6.92. The van der Waals surface area contributed by atoms with Gasteiger partial charge in [-0.05, 0) is 49.6 Å². The molecule has 0 aromatic heterocycles. The van der Waals surface area contributed by atoms with Gasteiger partial charge in [-0.3, -0.25) is 0 Å². The topological polar surface area (TPSA) is 21.3 Å². The molecule has 19 heavy (non-hydrogen) atoms. The van der Waals surface area contributed by atoms with Crippen LogP contribution in [-0.4, -0.2) is 13.2 Å². The predicted octanol–water partition coefficient (Wildman–Crippen LogP) is 4.21. The van der Waals surface area contributed by atoms with Crippen molar-refractivity contribution in [2.75, 3.05) is 13.2 Å². The van der Waals surface area contributed by atoms with Crippen molar-refractivity contribution in [1.82, 2.24) is 5.32 Å². The van der Waals surface area contributed by atoms with Crippen LogP contribution in [-0.2, 0) is 4.74 Å². The van der Waals surface area contributed by atoms with Gasteiger partial charge >= 0.3 is 0 Å². The number of benzene rings is 1. The van der Waals surface area contributed by atoms with Gasteiger partial charge < -0.3 is 10.1 Å². The fraction of sp³-hybridized carbons (Fsp3) is 0.467. The van der Waals surface area contributed by atoms with E-state index in [9.17, 15) is 4.39 Å². The van der Waals surface area contributed by atoms with Crippen molar-refractivity contribution in [3.63, 3.8) is 0 Å². The molecule has 0 saturated heterocycles. The Kier molecular flexibility index (Phi) is 5.23. The van der Waals surface area contributed by atoms with E-state index in [-0.39, 0.29) is 11.9 Å². The minimum Gasteiger partial charge on any atom is -0.496 e. The molecule has 0 spiro atoms. The summed E-state index contributed by atoms with van der Waals surface area (Å²) in [5, 5.41) is 3.85. The number of rotatable bonds is 5. The molecule has 0 aliphatic carbocycles. The lowest BCUT2D eigenvalue weighted by molar-refractivity contribution is 0.167. The van der Waals surface area contributed by atoms with Gasteiger partial charge in [0.25, 0.3) is 0 Å². The summed E-state index contributed by atoms with van der Waals surface area (Å²) in [6.07, 6.45) is 5.17. The monoisotopic (exact) mass is 283 g/mol. The van der Waals surface area contributed by atoms with Crippen LogP contribution >= 0.6 is 11.6 Å². The highest BCUT2D eigenvalue weighted by atomic mass is 35.5. The third-order valence-electron chi connectivity index (χ3n) is 3.12. The van der Waals surface area contributed by atoms with Crippen LogP contribution in [0.3, 0.4) is 0 Å². The van der Waals surface area contributed by atoms with Crippen molar-refractivity contribution in [2.24, 2.45) is 0 Å². The second-order valence-corrected chi connectivity index (χ2v) is 5.06. The molecule has 1 N–H and O–H groups in total. The second-order valence-electron chi connectivity index (χ2n) is 4.65. The number of allylic oxidation sites excluding steroid dienone is 1. The predicted molar refractivity (Wildman–Crippen MR) is 75.7 cm³/mol. The molecule has 1 aromatic rings. The van der Waals surface area contributed by atoms with Crippen LogP contribution in [0.25, 0.3) is 0 Å². The molecule has 0 bridgehead atoms. The lowest BCUT2D eigenvalue weighted by Crippen LogP contribution is -2.26. The van der Waals surface area contributed by atoms with Crippen LogP contribution in [0.2, 0.25) is 5.02 Å². The molecule has 0 fully saturated rings. The Morgan fingerprint density at radius 2 is 2.32 bits per heavy atom. The summed E-state index contributed by atoms with van der Waals surface area (Å²) in [6, 6.07) is 4.42. The largest absolute Gasteiger partial charge is 0.496 e. The third-order valence-corrected chi connectivity index (χ3v) is 3.45. The Balaban J connectivity index is 2.27. The van der Waals surface area contributed by atoms with Crippen LogP contribution in [0.15, 0.2) is 30.0 Å². The zero-order chi connectivity index (χ0) is 13.7. The van der Waals surface area contributed by atoms with Gasteiger partial charge in [0.2, 0.25) is 0 Å². The lowest BCUT2D eigenvalue weighted by Gasteiger charge is -2.25. The molecule has 0 amide bonds. The Morgan fingerprint density at radius 1 is 1.47 bits per heavy atom. The molecule has 0 radical (unpaired) electrons. The van der Waals surface area contributed by atoms with Crippen molar-refractivity contribution in [2.45, 2.75) is 32.2 Å². The molecule has 4 heteroatoms. The first-order valence-corrected chi connectivity index (χ1v) is 7.11. The van der Waals surface area contributed by atoms with Crippen molar-refractivity contribution in [3.05, 3.63) is 46.4 Å². The maximum Gasteiger partial charge on any atom is 0.124 e. The Bertz CT molecular complexity index is 461. The van der Waals surface area contributed by atoms with Crippen molar-refractivity contribution in [1.29, 1.82) is 0 Å². The maximum absolute atomic E-state index is 13.2. The molecule has 2 nitrogen and oxygen atoms in total. The molecule has 104 valence electrons. The molecule has 2 rings (SSSR count). The molecule has 1 aliphatic heterocycles. The van der Waals surface area contributed by atoms with E-state index >= 15 is 0 Å². The van der Waals surface area contributed by atoms with Gasteiger partial charge in [-0.1, -0.05) is 24.6 Å². The van der Waals surface area contributed by atoms with E-state index in [1.54, 1.807) is 6.07 Å². The smallest absolute Gasteiger partial charge is 0.124 e. The van der Waals surface area contributed by atoms with Crippen molar-refractivity contribution < 1.29 is 9.13 Å². The first kappa shape index (κ1) is 14.4. The molecular formula is C15H19ClFNO.